The first-order chi connectivity index (χ1) is 37.4. The van der Waals surface area contributed by atoms with Crippen LogP contribution >= 0.6 is 47.0 Å². The van der Waals surface area contributed by atoms with Crippen molar-refractivity contribution in [3.63, 3.8) is 0 Å². The van der Waals surface area contributed by atoms with Gasteiger partial charge in [-0.2, -0.15) is 0 Å². The molecule has 3 heterocycles. The van der Waals surface area contributed by atoms with E-state index >= 15 is 0 Å². The van der Waals surface area contributed by atoms with E-state index in [1.54, 1.807) is 0 Å². The van der Waals surface area contributed by atoms with Gasteiger partial charge in [-0.25, -0.2) is 0 Å². The van der Waals surface area contributed by atoms with Crippen LogP contribution in [0.4, 0.5) is 0 Å². The van der Waals surface area contributed by atoms with Gasteiger partial charge in [-0.15, -0.1) is 23.2 Å². The number of carbonyl (C=O) groups is 1. The molecular formula is C67H56Cl2Cu2I2N3OP3. The number of Topliss-reactive ketones (excluding diaryl/α,β-unsaturated/α-hetero) is 1. The van der Waals surface area contributed by atoms with Crippen LogP contribution in [0.3, 0.4) is 0 Å². The SMILES string of the molecule is CC(C)=O.ClCCl.[Cu+].[Cu+].[I-].[I-].c1ccc(P(c2ccccc2)c2cc3ccccc3cn2)cc1.c1ccc(P(c2ccccc2)c2cc3ccccc3cn2)cc1.c1ccc(P(c2ccccc2)c2cc3ccccc3cn2)cc1. The Morgan fingerprint density at radius 3 is 0.637 bits per heavy atom. The summed E-state index contributed by atoms with van der Waals surface area (Å²) in [6.07, 6.45) is 5.98. The number of hydrogen-bond donors (Lipinski definition) is 0. The molecule has 9 aromatic carbocycles. The zero-order chi connectivity index (χ0) is 52.7. The first-order valence-electron chi connectivity index (χ1n) is 24.7. The number of hydrogen-bond acceptors (Lipinski definition) is 4. The molecule has 0 radical (unpaired) electrons. The second-order valence-electron chi connectivity index (χ2n) is 17.2. The van der Waals surface area contributed by atoms with E-state index in [9.17, 15) is 4.79 Å². The summed E-state index contributed by atoms with van der Waals surface area (Å²) in [5.41, 5.74) is 3.45. The van der Waals surface area contributed by atoms with Crippen molar-refractivity contribution in [1.29, 1.82) is 0 Å². The van der Waals surface area contributed by atoms with Crippen molar-refractivity contribution < 1.29 is 86.9 Å². The Morgan fingerprint density at radius 1 is 0.312 bits per heavy atom. The maximum absolute atomic E-state index is 9.44. The van der Waals surface area contributed by atoms with Crippen molar-refractivity contribution in [3.8, 4) is 0 Å². The first-order valence-corrected chi connectivity index (χ1v) is 29.8. The Morgan fingerprint density at radius 2 is 0.463 bits per heavy atom. The molecule has 0 bridgehead atoms. The van der Waals surface area contributed by atoms with Gasteiger partial charge in [0.15, 0.2) is 0 Å². The molecule has 0 aliphatic carbocycles. The van der Waals surface area contributed by atoms with Gasteiger partial charge in [-0.3, -0.25) is 15.0 Å². The third-order valence-corrected chi connectivity index (χ3v) is 18.6. The van der Waals surface area contributed by atoms with Gasteiger partial charge in [0.1, 0.15) is 5.78 Å². The molecule has 12 rings (SSSR count). The monoisotopic (exact) mass is 1460 g/mol. The summed E-state index contributed by atoms with van der Waals surface area (Å²) in [6.45, 7) is 3.06. The predicted octanol–water partition coefficient (Wildman–Crippen LogP) is 8.00. The van der Waals surface area contributed by atoms with Gasteiger partial charge in [0.25, 0.3) is 0 Å². The van der Waals surface area contributed by atoms with Gasteiger partial charge in [0.05, 0.1) is 21.6 Å². The zero-order valence-electron chi connectivity index (χ0n) is 43.6. The summed E-state index contributed by atoms with van der Waals surface area (Å²) >= 11 is 9.53. The maximum atomic E-state index is 9.44. The fourth-order valence-corrected chi connectivity index (χ4v) is 14.9. The number of aromatic nitrogens is 3. The number of pyridine rings is 3. The minimum absolute atomic E-state index is 0. The molecule has 0 aliphatic heterocycles. The van der Waals surface area contributed by atoms with Crippen LogP contribution in [0.2, 0.25) is 0 Å². The standard InChI is InChI=1S/3C21H16NP.C3H6O.CH2Cl2.2Cu.2HI/c3*1-3-11-19(12-4-1)23(20-13-5-2-6-14-20)21-15-17-9-7-8-10-18(17)16-22-21;1-3(2)4;2-1-3;;;;/h3*1-16H;1-2H3;1H2;;;2*1H/q;;;;;2*+1;;/p-2. The normalized spacial score (nSPS) is 10.0. The van der Waals surface area contributed by atoms with Crippen LogP contribution < -0.4 is 96.1 Å². The summed E-state index contributed by atoms with van der Waals surface area (Å²) in [6, 6.07) is 96.0. The summed E-state index contributed by atoms with van der Waals surface area (Å²) < 4.78 is 0. The molecular weight excluding hydrogens is 1410 g/mol. The van der Waals surface area contributed by atoms with E-state index in [4.69, 9.17) is 38.2 Å². The molecule has 13 heteroatoms. The number of ketones is 1. The summed E-state index contributed by atoms with van der Waals surface area (Å²) in [5.74, 6) is 0.167. The Labute approximate surface area is 540 Å². The summed E-state index contributed by atoms with van der Waals surface area (Å²) in [5, 5.41) is 15.5. The van der Waals surface area contributed by atoms with E-state index < -0.39 is 23.8 Å². The largest absolute Gasteiger partial charge is 1.00 e. The number of rotatable bonds is 9. The molecule has 0 unspecified atom stereocenters. The number of halogens is 4. The van der Waals surface area contributed by atoms with E-state index in [-0.39, 0.29) is 93.2 Å². The average Bonchev–Trinajstić information content (AvgIpc) is 3.55. The molecule has 0 amide bonds. The van der Waals surface area contributed by atoms with Gasteiger partial charge < -0.3 is 52.7 Å². The summed E-state index contributed by atoms with van der Waals surface area (Å²) in [7, 11) is -1.89. The predicted molar refractivity (Wildman–Crippen MR) is 334 cm³/mol. The third kappa shape index (κ3) is 19.7. The van der Waals surface area contributed by atoms with Crippen LogP contribution in [0.15, 0.2) is 292 Å². The van der Waals surface area contributed by atoms with Crippen LogP contribution in [-0.2, 0) is 38.9 Å². The van der Waals surface area contributed by atoms with Gasteiger partial charge >= 0.3 is 34.1 Å². The van der Waals surface area contributed by atoms with Crippen LogP contribution in [0.25, 0.3) is 32.3 Å². The van der Waals surface area contributed by atoms with Crippen LogP contribution in [-0.4, -0.2) is 26.1 Å². The van der Waals surface area contributed by atoms with E-state index in [0.717, 1.165) is 16.3 Å². The van der Waals surface area contributed by atoms with E-state index in [1.807, 2.05) is 18.6 Å². The molecule has 410 valence electrons. The Balaban J connectivity index is 0.000000238. The summed E-state index contributed by atoms with van der Waals surface area (Å²) in [4.78, 5) is 23.8. The molecule has 3 aromatic heterocycles. The topological polar surface area (TPSA) is 55.7 Å². The number of fused-ring (bicyclic) bond motifs is 3. The third-order valence-electron chi connectivity index (χ3n) is 11.6. The molecule has 0 aliphatic rings. The van der Waals surface area contributed by atoms with Crippen molar-refractivity contribution in [3.05, 3.63) is 292 Å². The second-order valence-corrected chi connectivity index (χ2v) is 24.5. The van der Waals surface area contributed by atoms with E-state index in [2.05, 4.69) is 273 Å². The Bertz CT molecular complexity index is 3190. The van der Waals surface area contributed by atoms with Crippen molar-refractivity contribution in [1.82, 2.24) is 15.0 Å². The van der Waals surface area contributed by atoms with E-state index in [0.29, 0.717) is 0 Å². The van der Waals surface area contributed by atoms with Crippen molar-refractivity contribution in [2.24, 2.45) is 0 Å². The zero-order valence-corrected chi connectivity index (χ0v) is 54.0. The minimum Gasteiger partial charge on any atom is -1.00 e. The second kappa shape index (κ2) is 36.7. The molecule has 12 aromatic rings. The molecule has 4 nitrogen and oxygen atoms in total. The number of alkyl halides is 2. The molecule has 0 spiro atoms. The Kier molecular flexibility index (Phi) is 31.0. The fourth-order valence-electron chi connectivity index (χ4n) is 8.29. The molecule has 0 N–H and O–H groups in total. The van der Waals surface area contributed by atoms with Crippen LogP contribution in [0.5, 0.6) is 0 Å². The van der Waals surface area contributed by atoms with Gasteiger partial charge in [-0.05, 0) is 80.0 Å². The average molecular weight is 1460 g/mol. The fraction of sp³-hybridized carbons (Fsp3) is 0.0448. The molecule has 80 heavy (non-hydrogen) atoms. The van der Waals surface area contributed by atoms with Crippen molar-refractivity contribution in [2.45, 2.75) is 13.8 Å². The van der Waals surface area contributed by atoms with Gasteiger partial charge in [0, 0.05) is 58.5 Å². The minimum atomic E-state index is -0.630. The van der Waals surface area contributed by atoms with Gasteiger partial charge in [0.2, 0.25) is 0 Å². The maximum Gasteiger partial charge on any atom is 1.00 e. The van der Waals surface area contributed by atoms with E-state index in [1.165, 1.54) is 78.0 Å². The van der Waals surface area contributed by atoms with Crippen LogP contribution in [0.1, 0.15) is 13.8 Å². The quantitative estimate of drug-likeness (QED) is 0.0637. The molecule has 0 fully saturated rings. The molecule has 0 atom stereocenters. The first kappa shape index (κ1) is 67.8. The van der Waals surface area contributed by atoms with Crippen LogP contribution in [0, 0.1) is 0 Å². The van der Waals surface area contributed by atoms with Crippen molar-refractivity contribution in [2.75, 3.05) is 5.34 Å². The number of benzene rings is 9. The number of nitrogens with zero attached hydrogens (tertiary/aromatic N) is 3. The molecule has 0 saturated heterocycles. The van der Waals surface area contributed by atoms with Gasteiger partial charge in [-0.1, -0.05) is 255 Å². The number of carbonyl (C=O) groups excluding carboxylic acids is 1. The smallest absolute Gasteiger partial charge is 1.00 e. The Hall–Kier alpha value is -4.75. The van der Waals surface area contributed by atoms with Crippen molar-refractivity contribution >= 4 is 133 Å². The molecule has 0 saturated carbocycles.